The predicted molar refractivity (Wildman–Crippen MR) is 89.8 cm³/mol. The molecule has 0 atom stereocenters. The van der Waals surface area contributed by atoms with Crippen molar-refractivity contribution < 1.29 is 24.1 Å². The zero-order chi connectivity index (χ0) is 17.6. The monoisotopic (exact) mass is 344 g/mol. The molecule has 3 heterocycles. The van der Waals surface area contributed by atoms with Crippen LogP contribution in [0.3, 0.4) is 0 Å². The van der Waals surface area contributed by atoms with Crippen LogP contribution in [0.2, 0.25) is 0 Å². The third kappa shape index (κ3) is 2.42. The van der Waals surface area contributed by atoms with Gasteiger partial charge in [-0.1, -0.05) is 0 Å². The molecule has 0 saturated carbocycles. The Bertz CT molecular complexity index is 819. The Morgan fingerprint density at radius 2 is 1.88 bits per heavy atom. The fraction of sp³-hybridized carbons (Fsp3) is 0.444. The van der Waals surface area contributed by atoms with Gasteiger partial charge in [0.15, 0.2) is 17.2 Å². The third-order valence-electron chi connectivity index (χ3n) is 4.75. The first-order valence-electron chi connectivity index (χ1n) is 8.40. The molecule has 0 aliphatic carbocycles. The van der Waals surface area contributed by atoms with Crippen molar-refractivity contribution in [2.24, 2.45) is 7.05 Å². The largest absolute Gasteiger partial charge is 0.492 e. The van der Waals surface area contributed by atoms with Crippen LogP contribution in [-0.2, 0) is 19.9 Å². The minimum atomic E-state index is -1.05. The quantitative estimate of drug-likeness (QED) is 0.921. The Hall–Kier alpha value is -2.70. The first-order valence-corrected chi connectivity index (χ1v) is 8.40. The summed E-state index contributed by atoms with van der Waals surface area (Å²) in [7, 11) is 3.39. The number of carbonyl (C=O) groups is 1. The average molecular weight is 344 g/mol. The number of rotatable bonds is 3. The number of aromatic carboxylic acids is 1. The predicted octanol–water partition coefficient (Wildman–Crippen LogP) is 2.44. The standard InChI is InChI=1S/C18H20N2O5/c1-20-13(9-12(19-20)18(21)22)14-10-5-3-8-25-17(10)16(23-2)11-6-4-7-24-15(11)14/h9H,3-8H2,1-2H3,(H,21,22). The van der Waals surface area contributed by atoms with Crippen molar-refractivity contribution in [3.63, 3.8) is 0 Å². The number of benzene rings is 1. The lowest BCUT2D eigenvalue weighted by Gasteiger charge is -2.29. The van der Waals surface area contributed by atoms with Crippen molar-refractivity contribution in [2.45, 2.75) is 25.7 Å². The number of aryl methyl sites for hydroxylation is 1. The minimum Gasteiger partial charge on any atom is -0.492 e. The van der Waals surface area contributed by atoms with E-state index in [2.05, 4.69) is 5.10 Å². The second-order valence-corrected chi connectivity index (χ2v) is 6.27. The first-order chi connectivity index (χ1) is 12.1. The molecular weight excluding hydrogens is 324 g/mol. The second kappa shape index (κ2) is 5.98. The van der Waals surface area contributed by atoms with Crippen molar-refractivity contribution in [3.05, 3.63) is 22.9 Å². The number of carboxylic acids is 1. The highest BCUT2D eigenvalue weighted by Gasteiger charge is 2.32. The van der Waals surface area contributed by atoms with E-state index in [9.17, 15) is 9.90 Å². The molecule has 0 bridgehead atoms. The first kappa shape index (κ1) is 15.8. The van der Waals surface area contributed by atoms with Crippen LogP contribution in [-0.4, -0.2) is 41.2 Å². The summed E-state index contributed by atoms with van der Waals surface area (Å²) in [6.45, 7) is 1.28. The molecule has 0 radical (unpaired) electrons. The Morgan fingerprint density at radius 3 is 2.52 bits per heavy atom. The summed E-state index contributed by atoms with van der Waals surface area (Å²) in [5, 5.41) is 13.4. The van der Waals surface area contributed by atoms with Crippen LogP contribution in [0.5, 0.6) is 17.2 Å². The number of hydrogen-bond acceptors (Lipinski definition) is 5. The molecule has 132 valence electrons. The summed E-state index contributed by atoms with van der Waals surface area (Å²) in [5.74, 6) is 1.22. The third-order valence-corrected chi connectivity index (χ3v) is 4.75. The molecule has 0 spiro atoms. The van der Waals surface area contributed by atoms with Gasteiger partial charge in [0.1, 0.15) is 5.75 Å². The average Bonchev–Trinajstić information content (AvgIpc) is 3.01. The van der Waals surface area contributed by atoms with E-state index >= 15 is 0 Å². The van der Waals surface area contributed by atoms with Crippen molar-refractivity contribution in [2.75, 3.05) is 20.3 Å². The van der Waals surface area contributed by atoms with Gasteiger partial charge in [-0.25, -0.2) is 4.79 Å². The van der Waals surface area contributed by atoms with Crippen LogP contribution < -0.4 is 14.2 Å². The molecule has 1 aromatic heterocycles. The molecule has 0 fully saturated rings. The van der Waals surface area contributed by atoms with E-state index in [1.165, 1.54) is 0 Å². The van der Waals surface area contributed by atoms with Crippen molar-refractivity contribution in [1.29, 1.82) is 0 Å². The summed E-state index contributed by atoms with van der Waals surface area (Å²) in [6, 6.07) is 1.59. The highest BCUT2D eigenvalue weighted by molar-refractivity contribution is 5.89. The molecule has 25 heavy (non-hydrogen) atoms. The van der Waals surface area contributed by atoms with E-state index in [4.69, 9.17) is 14.2 Å². The Kier molecular flexibility index (Phi) is 3.78. The number of fused-ring (bicyclic) bond motifs is 2. The van der Waals surface area contributed by atoms with Crippen molar-refractivity contribution in [1.82, 2.24) is 9.78 Å². The van der Waals surface area contributed by atoms with Gasteiger partial charge in [0.05, 0.1) is 26.0 Å². The fourth-order valence-corrected chi connectivity index (χ4v) is 3.70. The molecule has 0 saturated heterocycles. The lowest BCUT2D eigenvalue weighted by molar-refractivity contribution is 0.0689. The molecule has 0 unspecified atom stereocenters. The second-order valence-electron chi connectivity index (χ2n) is 6.27. The van der Waals surface area contributed by atoms with E-state index in [-0.39, 0.29) is 5.69 Å². The number of hydrogen-bond donors (Lipinski definition) is 1. The maximum Gasteiger partial charge on any atom is 0.356 e. The van der Waals surface area contributed by atoms with Crippen LogP contribution in [0.15, 0.2) is 6.07 Å². The Morgan fingerprint density at radius 1 is 1.20 bits per heavy atom. The summed E-state index contributed by atoms with van der Waals surface area (Å²) < 4.78 is 19.2. The molecule has 2 aliphatic rings. The van der Waals surface area contributed by atoms with E-state index in [0.29, 0.717) is 13.2 Å². The van der Waals surface area contributed by atoms with Gasteiger partial charge >= 0.3 is 5.97 Å². The molecule has 7 heteroatoms. The minimum absolute atomic E-state index is 0.0170. The summed E-state index contributed by atoms with van der Waals surface area (Å²) in [5.41, 5.74) is 3.61. The molecule has 1 aromatic carbocycles. The van der Waals surface area contributed by atoms with Gasteiger partial charge in [-0.15, -0.1) is 0 Å². The van der Waals surface area contributed by atoms with E-state index < -0.39 is 5.97 Å². The smallest absolute Gasteiger partial charge is 0.356 e. The van der Waals surface area contributed by atoms with E-state index in [1.807, 2.05) is 0 Å². The topological polar surface area (TPSA) is 82.8 Å². The number of carboxylic acid groups (broad SMARTS) is 1. The lowest BCUT2D eigenvalue weighted by Crippen LogP contribution is -2.17. The van der Waals surface area contributed by atoms with Crippen LogP contribution in [0, 0.1) is 0 Å². The maximum atomic E-state index is 11.3. The summed E-state index contributed by atoms with van der Waals surface area (Å²) >= 11 is 0. The van der Waals surface area contributed by atoms with E-state index in [1.54, 1.807) is 24.9 Å². The van der Waals surface area contributed by atoms with Gasteiger partial charge < -0.3 is 19.3 Å². The highest BCUT2D eigenvalue weighted by atomic mass is 16.5. The fourth-order valence-electron chi connectivity index (χ4n) is 3.70. The molecule has 2 aromatic rings. The number of ether oxygens (including phenoxy) is 3. The van der Waals surface area contributed by atoms with Crippen LogP contribution in [0.1, 0.15) is 34.5 Å². The molecular formula is C18H20N2O5. The lowest BCUT2D eigenvalue weighted by atomic mass is 9.90. The van der Waals surface area contributed by atoms with Gasteiger partial charge in [-0.05, 0) is 31.7 Å². The molecule has 7 nitrogen and oxygen atoms in total. The van der Waals surface area contributed by atoms with Crippen LogP contribution in [0.4, 0.5) is 0 Å². The normalized spacial score (nSPS) is 15.6. The van der Waals surface area contributed by atoms with Gasteiger partial charge in [-0.3, -0.25) is 4.68 Å². The molecule has 2 aliphatic heterocycles. The van der Waals surface area contributed by atoms with Crippen molar-refractivity contribution >= 4 is 5.97 Å². The highest BCUT2D eigenvalue weighted by Crippen LogP contribution is 2.51. The number of aromatic nitrogens is 2. The van der Waals surface area contributed by atoms with Crippen molar-refractivity contribution in [3.8, 4) is 28.5 Å². The zero-order valence-corrected chi connectivity index (χ0v) is 14.3. The number of nitrogens with zero attached hydrogens (tertiary/aromatic N) is 2. The number of methoxy groups -OCH3 is 1. The van der Waals surface area contributed by atoms with E-state index in [0.717, 1.165) is 65.3 Å². The molecule has 4 rings (SSSR count). The Balaban J connectivity index is 2.03. The summed E-state index contributed by atoms with van der Waals surface area (Å²) in [4.78, 5) is 11.3. The Labute approximate surface area is 145 Å². The molecule has 1 N–H and O–H groups in total. The van der Waals surface area contributed by atoms with Crippen LogP contribution >= 0.6 is 0 Å². The van der Waals surface area contributed by atoms with Gasteiger partial charge in [0.2, 0.25) is 0 Å². The molecule has 0 amide bonds. The van der Waals surface area contributed by atoms with Crippen LogP contribution in [0.25, 0.3) is 11.3 Å². The SMILES string of the molecule is COc1c2c(c(-c3cc(C(=O)O)nn3C)c3c1OCCC3)OCCC2. The maximum absolute atomic E-state index is 11.3. The van der Waals surface area contributed by atoms with Gasteiger partial charge in [0.25, 0.3) is 0 Å². The zero-order valence-electron chi connectivity index (χ0n) is 14.3. The van der Waals surface area contributed by atoms with Gasteiger partial charge in [0, 0.05) is 23.7 Å². The van der Waals surface area contributed by atoms with Gasteiger partial charge in [-0.2, -0.15) is 5.10 Å². The summed E-state index contributed by atoms with van der Waals surface area (Å²) in [6.07, 6.45) is 3.47.